The minimum Gasteiger partial charge on any atom is -0.462 e. The van der Waals surface area contributed by atoms with Gasteiger partial charge in [0.1, 0.15) is 6.61 Å². The van der Waals surface area contributed by atoms with Gasteiger partial charge < -0.3 is 19.3 Å². The number of unbranched alkanes of at least 4 members (excludes halogenated alkanes) is 20. The monoisotopic (exact) mass is 757 g/mol. The van der Waals surface area contributed by atoms with E-state index in [0.29, 0.717) is 19.3 Å². The molecule has 10 heteroatoms. The van der Waals surface area contributed by atoms with Gasteiger partial charge in [0.05, 0.1) is 6.61 Å². The van der Waals surface area contributed by atoms with Gasteiger partial charge in [0, 0.05) is 19.3 Å². The molecule has 9 nitrogen and oxygen atoms in total. The first-order chi connectivity index (χ1) is 25.1. The van der Waals surface area contributed by atoms with Crippen molar-refractivity contribution in [1.82, 2.24) is 0 Å². The van der Waals surface area contributed by atoms with Crippen LogP contribution in [0.25, 0.3) is 0 Å². The van der Waals surface area contributed by atoms with E-state index in [1.165, 1.54) is 96.3 Å². The van der Waals surface area contributed by atoms with Crippen molar-refractivity contribution in [1.29, 1.82) is 0 Å². The lowest BCUT2D eigenvalue weighted by atomic mass is 9.99. The average molecular weight is 757 g/mol. The number of phosphoric acid groups is 1. The van der Waals surface area contributed by atoms with Crippen LogP contribution < -0.4 is 0 Å². The maximum Gasteiger partial charge on any atom is 0.469 e. The summed E-state index contributed by atoms with van der Waals surface area (Å²) in [5.74, 6) is 0.0182. The average Bonchev–Trinajstić information content (AvgIpc) is 3.11. The van der Waals surface area contributed by atoms with Gasteiger partial charge in [-0.15, -0.1) is 0 Å². The number of ether oxygens (including phenoxy) is 2. The van der Waals surface area contributed by atoms with Crippen LogP contribution in [-0.4, -0.2) is 46.8 Å². The third-order valence-corrected chi connectivity index (χ3v) is 9.97. The van der Waals surface area contributed by atoms with E-state index in [9.17, 15) is 18.9 Å². The molecule has 2 atom stereocenters. The first-order valence-electron chi connectivity index (χ1n) is 21.0. The molecule has 0 rings (SSSR count). The van der Waals surface area contributed by atoms with Crippen LogP contribution in [0.3, 0.4) is 0 Å². The summed E-state index contributed by atoms with van der Waals surface area (Å²) in [6.45, 7) is 5.91. The predicted octanol–water partition coefficient (Wildman–Crippen LogP) is 11.8. The maximum atomic E-state index is 12.4. The Balaban J connectivity index is 3.98. The minimum absolute atomic E-state index is 0.112. The molecule has 0 aliphatic heterocycles. The highest BCUT2D eigenvalue weighted by Gasteiger charge is 2.23. The Kier molecular flexibility index (Phi) is 34.9. The Hall–Kier alpha value is -1.80. The summed E-state index contributed by atoms with van der Waals surface area (Å²) in [5, 5.41) is 0. The fourth-order valence-corrected chi connectivity index (χ4v) is 6.28. The van der Waals surface area contributed by atoms with Crippen LogP contribution in [0.1, 0.15) is 201 Å². The number of carbonyl (C=O) groups excluding carboxylic acids is 3. The minimum atomic E-state index is -4.78. The zero-order valence-corrected chi connectivity index (χ0v) is 34.3. The second-order valence-electron chi connectivity index (χ2n) is 14.6. The third-order valence-electron chi connectivity index (χ3n) is 9.49. The number of phosphoric ester groups is 1. The molecule has 0 spiro atoms. The highest BCUT2D eigenvalue weighted by molar-refractivity contribution is 7.46. The first kappa shape index (κ1) is 50.2. The Morgan fingerprint density at radius 3 is 1.63 bits per heavy atom. The standard InChI is InChI=1S/C42H77O9P/c1-4-6-7-8-17-22-27-32-39(43)33-28-23-20-25-30-35-42(45)51-40(37-50-52(46,47)48)36-49-41(44)34-29-24-19-16-14-12-10-9-11-13-15-18-21-26-31-38(3)5-2/h17,22,27,32,38,40H,4-16,18-21,23-26,28-31,33-37H2,1-3H3,(H2,46,47,48)/b22-17-,32-27+/t38?,40-/m1/s1. The number of hydrogen-bond donors (Lipinski definition) is 2. The van der Waals surface area contributed by atoms with Gasteiger partial charge in [0.15, 0.2) is 11.9 Å². The number of carbonyl (C=O) groups is 3. The van der Waals surface area contributed by atoms with Crippen LogP contribution in [-0.2, 0) is 32.9 Å². The van der Waals surface area contributed by atoms with Crippen LogP contribution in [0.5, 0.6) is 0 Å². The fourth-order valence-electron chi connectivity index (χ4n) is 5.92. The van der Waals surface area contributed by atoms with Crippen molar-refractivity contribution in [3.05, 3.63) is 24.3 Å². The second kappa shape index (κ2) is 36.2. The summed E-state index contributed by atoms with van der Waals surface area (Å²) in [7, 11) is -4.78. The second-order valence-corrected chi connectivity index (χ2v) is 15.8. The fraction of sp³-hybridized carbons (Fsp3) is 0.833. The maximum absolute atomic E-state index is 12.4. The van der Waals surface area contributed by atoms with Crippen molar-refractivity contribution in [2.24, 2.45) is 5.92 Å². The van der Waals surface area contributed by atoms with Gasteiger partial charge >= 0.3 is 19.8 Å². The zero-order valence-electron chi connectivity index (χ0n) is 33.4. The van der Waals surface area contributed by atoms with Gasteiger partial charge in [-0.3, -0.25) is 18.9 Å². The summed E-state index contributed by atoms with van der Waals surface area (Å²) < 4.78 is 26.3. The SMILES string of the molecule is CCCCC/C=C\C=C\C(=O)CCCCCCCC(=O)O[C@H](COC(=O)CCCCCCCCCCCCCCCCC(C)CC)COP(=O)(O)O. The number of allylic oxidation sites excluding steroid dienone is 4. The molecular weight excluding hydrogens is 679 g/mol. The Labute approximate surface area is 317 Å². The number of esters is 2. The quantitative estimate of drug-likeness (QED) is 0.0207. The molecular formula is C42H77O9P. The molecule has 1 unspecified atom stereocenters. The highest BCUT2D eigenvalue weighted by atomic mass is 31.2. The van der Waals surface area contributed by atoms with E-state index in [2.05, 4.69) is 31.4 Å². The van der Waals surface area contributed by atoms with Crippen molar-refractivity contribution in [3.63, 3.8) is 0 Å². The predicted molar refractivity (Wildman–Crippen MR) is 212 cm³/mol. The zero-order chi connectivity index (χ0) is 38.5. The van der Waals surface area contributed by atoms with Gasteiger partial charge in [0.2, 0.25) is 0 Å². The van der Waals surface area contributed by atoms with Crippen molar-refractivity contribution < 1.29 is 42.7 Å². The topological polar surface area (TPSA) is 136 Å². The first-order valence-corrected chi connectivity index (χ1v) is 22.5. The van der Waals surface area contributed by atoms with E-state index in [1.54, 1.807) is 6.08 Å². The molecule has 0 saturated heterocycles. The van der Waals surface area contributed by atoms with Crippen LogP contribution >= 0.6 is 7.82 Å². The lowest BCUT2D eigenvalue weighted by Gasteiger charge is -2.18. The summed E-state index contributed by atoms with van der Waals surface area (Å²) in [5.41, 5.74) is 0. The Morgan fingerprint density at radius 1 is 0.615 bits per heavy atom. The van der Waals surface area contributed by atoms with Gasteiger partial charge in [0.25, 0.3) is 0 Å². The highest BCUT2D eigenvalue weighted by Crippen LogP contribution is 2.36. The molecule has 52 heavy (non-hydrogen) atoms. The van der Waals surface area contributed by atoms with Crippen LogP contribution in [0.2, 0.25) is 0 Å². The summed E-state index contributed by atoms with van der Waals surface area (Å²) >= 11 is 0. The lowest BCUT2D eigenvalue weighted by Crippen LogP contribution is -2.29. The molecule has 0 aromatic heterocycles. The lowest BCUT2D eigenvalue weighted by molar-refractivity contribution is -0.161. The number of ketones is 1. The molecule has 0 radical (unpaired) electrons. The van der Waals surface area contributed by atoms with E-state index in [4.69, 9.17) is 19.3 Å². The molecule has 0 aromatic rings. The number of rotatable bonds is 38. The van der Waals surface area contributed by atoms with E-state index in [0.717, 1.165) is 57.3 Å². The molecule has 0 saturated carbocycles. The molecule has 0 fully saturated rings. The van der Waals surface area contributed by atoms with Crippen molar-refractivity contribution in [3.8, 4) is 0 Å². The van der Waals surface area contributed by atoms with Crippen molar-refractivity contribution >= 4 is 25.5 Å². The van der Waals surface area contributed by atoms with Gasteiger partial charge in [-0.1, -0.05) is 167 Å². The van der Waals surface area contributed by atoms with Crippen LogP contribution in [0.4, 0.5) is 0 Å². The molecule has 0 aromatic carbocycles. The van der Waals surface area contributed by atoms with Crippen molar-refractivity contribution in [2.75, 3.05) is 13.2 Å². The van der Waals surface area contributed by atoms with Gasteiger partial charge in [-0.2, -0.15) is 0 Å². The molecule has 2 N–H and O–H groups in total. The van der Waals surface area contributed by atoms with E-state index >= 15 is 0 Å². The summed E-state index contributed by atoms with van der Waals surface area (Å²) in [6, 6.07) is 0. The summed E-state index contributed by atoms with van der Waals surface area (Å²) in [6.07, 6.45) is 35.7. The molecule has 0 aliphatic carbocycles. The smallest absolute Gasteiger partial charge is 0.462 e. The molecule has 0 amide bonds. The van der Waals surface area contributed by atoms with Crippen molar-refractivity contribution in [2.45, 2.75) is 207 Å². The Bertz CT molecular complexity index is 975. The van der Waals surface area contributed by atoms with Crippen LogP contribution in [0.15, 0.2) is 24.3 Å². The number of hydrogen-bond acceptors (Lipinski definition) is 7. The van der Waals surface area contributed by atoms with Gasteiger partial charge in [-0.05, 0) is 44.1 Å². The molecule has 0 bridgehead atoms. The van der Waals surface area contributed by atoms with Crippen LogP contribution in [0, 0.1) is 5.92 Å². The molecule has 0 heterocycles. The largest absolute Gasteiger partial charge is 0.469 e. The van der Waals surface area contributed by atoms with E-state index in [-0.39, 0.29) is 25.2 Å². The van der Waals surface area contributed by atoms with Gasteiger partial charge in [-0.25, -0.2) is 4.57 Å². The Morgan fingerprint density at radius 2 is 1.12 bits per heavy atom. The van der Waals surface area contributed by atoms with E-state index < -0.39 is 32.5 Å². The normalized spacial score (nSPS) is 13.2. The molecule has 304 valence electrons. The third kappa shape index (κ3) is 37.9. The van der Waals surface area contributed by atoms with E-state index in [1.807, 2.05) is 12.2 Å². The summed E-state index contributed by atoms with van der Waals surface area (Å²) in [4.78, 5) is 54.8. The molecule has 0 aliphatic rings.